The van der Waals surface area contributed by atoms with E-state index < -0.39 is 5.54 Å². The predicted molar refractivity (Wildman–Crippen MR) is 86.7 cm³/mol. The zero-order valence-electron chi connectivity index (χ0n) is 13.4. The number of carbonyl (C=O) groups excluding carboxylic acids is 1. The summed E-state index contributed by atoms with van der Waals surface area (Å²) in [5.41, 5.74) is 5.20. The molecule has 0 aromatic rings. The van der Waals surface area contributed by atoms with E-state index in [4.69, 9.17) is 15.2 Å². The van der Waals surface area contributed by atoms with Crippen LogP contribution in [0.25, 0.3) is 0 Å². The first-order valence-electron chi connectivity index (χ1n) is 7.79. The van der Waals surface area contributed by atoms with Crippen molar-refractivity contribution in [2.24, 2.45) is 11.7 Å². The molecule has 0 bridgehead atoms. The van der Waals surface area contributed by atoms with Gasteiger partial charge in [-0.1, -0.05) is 13.3 Å². The maximum Gasteiger partial charge on any atom is 0.239 e. The van der Waals surface area contributed by atoms with Crippen molar-refractivity contribution in [3.05, 3.63) is 0 Å². The molecule has 21 heavy (non-hydrogen) atoms. The monoisotopic (exact) mass is 322 g/mol. The minimum atomic E-state index is -0.752. The van der Waals surface area contributed by atoms with Gasteiger partial charge in [0.05, 0.1) is 5.54 Å². The Kier molecular flexibility index (Phi) is 11.0. The third-order valence-corrected chi connectivity index (χ3v) is 3.73. The van der Waals surface area contributed by atoms with Crippen LogP contribution in [0.3, 0.4) is 0 Å². The molecule has 6 heteroatoms. The lowest BCUT2D eigenvalue weighted by Gasteiger charge is -2.23. The standard InChI is InChI=1S/C15H30N2O3.ClH/c1-3-7-15(2,16)14(18)17-8-4-9-20-12-13-5-10-19-11-6-13;/h13H,3-12,16H2,1-2H3,(H,17,18);1H. The van der Waals surface area contributed by atoms with Crippen molar-refractivity contribution in [2.45, 2.75) is 51.5 Å². The maximum atomic E-state index is 11.8. The van der Waals surface area contributed by atoms with Crippen LogP contribution in [0, 0.1) is 5.92 Å². The van der Waals surface area contributed by atoms with Crippen LogP contribution in [0.2, 0.25) is 0 Å². The van der Waals surface area contributed by atoms with Gasteiger partial charge in [0, 0.05) is 33.0 Å². The van der Waals surface area contributed by atoms with E-state index in [0.717, 1.165) is 45.5 Å². The van der Waals surface area contributed by atoms with Gasteiger partial charge in [-0.05, 0) is 38.5 Å². The summed E-state index contributed by atoms with van der Waals surface area (Å²) < 4.78 is 11.0. The van der Waals surface area contributed by atoms with E-state index in [-0.39, 0.29) is 18.3 Å². The molecule has 126 valence electrons. The van der Waals surface area contributed by atoms with Crippen molar-refractivity contribution in [2.75, 3.05) is 33.0 Å². The zero-order valence-corrected chi connectivity index (χ0v) is 14.2. The second-order valence-electron chi connectivity index (χ2n) is 5.91. The average molecular weight is 323 g/mol. The van der Waals surface area contributed by atoms with Gasteiger partial charge in [0.25, 0.3) is 0 Å². The number of nitrogens with one attached hydrogen (secondary N) is 1. The lowest BCUT2D eigenvalue weighted by Crippen LogP contribution is -2.51. The van der Waals surface area contributed by atoms with E-state index in [1.54, 1.807) is 6.92 Å². The second kappa shape index (κ2) is 11.2. The fraction of sp³-hybridized carbons (Fsp3) is 0.933. The molecule has 1 aliphatic rings. The Balaban J connectivity index is 0.00000400. The van der Waals surface area contributed by atoms with Crippen molar-refractivity contribution < 1.29 is 14.3 Å². The van der Waals surface area contributed by atoms with E-state index in [9.17, 15) is 4.79 Å². The van der Waals surface area contributed by atoms with Gasteiger partial charge in [-0.15, -0.1) is 12.4 Å². The number of hydrogen-bond donors (Lipinski definition) is 2. The summed E-state index contributed by atoms with van der Waals surface area (Å²) in [6.07, 6.45) is 4.64. The fourth-order valence-electron chi connectivity index (χ4n) is 2.37. The molecule has 0 aromatic carbocycles. The van der Waals surface area contributed by atoms with Crippen molar-refractivity contribution in [3.8, 4) is 0 Å². The van der Waals surface area contributed by atoms with Crippen LogP contribution in [0.1, 0.15) is 46.0 Å². The molecule has 3 N–H and O–H groups in total. The first kappa shape index (κ1) is 20.6. The maximum absolute atomic E-state index is 11.8. The van der Waals surface area contributed by atoms with Gasteiger partial charge >= 0.3 is 0 Å². The Hall–Kier alpha value is -0.360. The van der Waals surface area contributed by atoms with Crippen LogP contribution in [-0.2, 0) is 14.3 Å². The molecule has 0 spiro atoms. The first-order chi connectivity index (χ1) is 9.56. The summed E-state index contributed by atoms with van der Waals surface area (Å²) in [5.74, 6) is 0.569. The van der Waals surface area contributed by atoms with Gasteiger partial charge in [0.15, 0.2) is 0 Å². The minimum absolute atomic E-state index is 0. The van der Waals surface area contributed by atoms with Crippen molar-refractivity contribution in [1.82, 2.24) is 5.32 Å². The van der Waals surface area contributed by atoms with Crippen LogP contribution in [0.5, 0.6) is 0 Å². The largest absolute Gasteiger partial charge is 0.381 e. The van der Waals surface area contributed by atoms with Gasteiger partial charge in [0.1, 0.15) is 0 Å². The van der Waals surface area contributed by atoms with Gasteiger partial charge in [0.2, 0.25) is 5.91 Å². The molecule has 1 amide bonds. The fourth-order valence-corrected chi connectivity index (χ4v) is 2.37. The quantitative estimate of drug-likeness (QED) is 0.636. The lowest BCUT2D eigenvalue weighted by atomic mass is 9.96. The number of nitrogens with two attached hydrogens (primary N) is 1. The van der Waals surface area contributed by atoms with Crippen LogP contribution >= 0.6 is 12.4 Å². The van der Waals surface area contributed by atoms with Crippen LogP contribution in [-0.4, -0.2) is 44.4 Å². The van der Waals surface area contributed by atoms with Gasteiger partial charge < -0.3 is 20.5 Å². The van der Waals surface area contributed by atoms with E-state index in [0.29, 0.717) is 25.5 Å². The molecule has 5 nitrogen and oxygen atoms in total. The van der Waals surface area contributed by atoms with Crippen LogP contribution < -0.4 is 11.1 Å². The van der Waals surface area contributed by atoms with E-state index >= 15 is 0 Å². The SMILES string of the molecule is CCCC(C)(N)C(=O)NCCCOCC1CCOCC1.Cl. The Bertz CT molecular complexity index is 282. The molecular weight excluding hydrogens is 292 g/mol. The summed E-state index contributed by atoms with van der Waals surface area (Å²) >= 11 is 0. The molecule has 1 aliphatic heterocycles. The molecule has 1 rings (SSSR count). The number of hydrogen-bond acceptors (Lipinski definition) is 4. The summed E-state index contributed by atoms with van der Waals surface area (Å²) in [4.78, 5) is 11.8. The Morgan fingerprint density at radius 3 is 2.71 bits per heavy atom. The highest BCUT2D eigenvalue weighted by atomic mass is 35.5. The summed E-state index contributed by atoms with van der Waals surface area (Å²) in [5, 5.41) is 2.88. The lowest BCUT2D eigenvalue weighted by molar-refractivity contribution is -0.126. The van der Waals surface area contributed by atoms with E-state index in [1.807, 2.05) is 6.92 Å². The third-order valence-electron chi connectivity index (χ3n) is 3.73. The number of ether oxygens (including phenoxy) is 2. The number of halogens is 1. The normalized spacial score (nSPS) is 18.6. The van der Waals surface area contributed by atoms with E-state index in [1.165, 1.54) is 0 Å². The second-order valence-corrected chi connectivity index (χ2v) is 5.91. The van der Waals surface area contributed by atoms with Crippen molar-refractivity contribution in [3.63, 3.8) is 0 Å². The third kappa shape index (κ3) is 8.61. The Morgan fingerprint density at radius 2 is 2.10 bits per heavy atom. The molecule has 1 fully saturated rings. The zero-order chi connectivity index (χ0) is 14.8. The molecule has 0 aromatic heterocycles. The Morgan fingerprint density at radius 1 is 1.43 bits per heavy atom. The molecule has 0 radical (unpaired) electrons. The van der Waals surface area contributed by atoms with Gasteiger partial charge in [-0.25, -0.2) is 0 Å². The topological polar surface area (TPSA) is 73.6 Å². The number of rotatable bonds is 9. The first-order valence-corrected chi connectivity index (χ1v) is 7.79. The molecular formula is C15H31ClN2O3. The van der Waals surface area contributed by atoms with Gasteiger partial charge in [-0.3, -0.25) is 4.79 Å². The van der Waals surface area contributed by atoms with Crippen LogP contribution in [0.4, 0.5) is 0 Å². The molecule has 1 heterocycles. The summed E-state index contributed by atoms with van der Waals surface area (Å²) in [6, 6.07) is 0. The number of carbonyl (C=O) groups is 1. The van der Waals surface area contributed by atoms with E-state index in [2.05, 4.69) is 5.32 Å². The van der Waals surface area contributed by atoms with Crippen LogP contribution in [0.15, 0.2) is 0 Å². The summed E-state index contributed by atoms with van der Waals surface area (Å²) in [7, 11) is 0. The molecule has 0 saturated carbocycles. The smallest absolute Gasteiger partial charge is 0.239 e. The average Bonchev–Trinajstić information content (AvgIpc) is 2.43. The number of amides is 1. The highest BCUT2D eigenvalue weighted by Crippen LogP contribution is 2.14. The minimum Gasteiger partial charge on any atom is -0.381 e. The van der Waals surface area contributed by atoms with Crippen molar-refractivity contribution >= 4 is 18.3 Å². The molecule has 1 unspecified atom stereocenters. The predicted octanol–water partition coefficient (Wildman–Crippen LogP) is 1.88. The molecule has 1 atom stereocenters. The highest BCUT2D eigenvalue weighted by molar-refractivity contribution is 5.85. The van der Waals surface area contributed by atoms with Crippen molar-refractivity contribution in [1.29, 1.82) is 0 Å². The Labute approximate surface area is 134 Å². The molecule has 0 aliphatic carbocycles. The van der Waals surface area contributed by atoms with Gasteiger partial charge in [-0.2, -0.15) is 0 Å². The summed E-state index contributed by atoms with van der Waals surface area (Å²) in [6.45, 7) is 7.65. The molecule has 1 saturated heterocycles. The highest BCUT2D eigenvalue weighted by Gasteiger charge is 2.26.